The van der Waals surface area contributed by atoms with Gasteiger partial charge in [0.1, 0.15) is 11.6 Å². The van der Waals surface area contributed by atoms with Crippen LogP contribution in [0.3, 0.4) is 0 Å². The minimum atomic E-state index is -0.263. The molecule has 0 aliphatic carbocycles. The third-order valence-electron chi connectivity index (χ3n) is 1.89. The molecule has 0 radical (unpaired) electrons. The van der Waals surface area contributed by atoms with Crippen molar-refractivity contribution in [2.45, 2.75) is 5.16 Å². The molecule has 0 aromatic carbocycles. The molecule has 0 atom stereocenters. The summed E-state index contributed by atoms with van der Waals surface area (Å²) in [5.74, 6) is 0.631. The van der Waals surface area contributed by atoms with Crippen molar-refractivity contribution in [1.29, 1.82) is 0 Å². The van der Waals surface area contributed by atoms with Crippen LogP contribution < -0.4 is 16.8 Å². The molecule has 0 unspecified atom stereocenters. The molecule has 1 amide bonds. The third kappa shape index (κ3) is 4.07. The number of carbonyl (C=O) groups is 1. The Morgan fingerprint density at radius 2 is 1.84 bits per heavy atom. The highest BCUT2D eigenvalue weighted by Gasteiger charge is 2.07. The highest BCUT2D eigenvalue weighted by atomic mass is 32.2. The maximum atomic E-state index is 11.6. The number of thioether (sulfide) groups is 1. The molecule has 2 heterocycles. The van der Waals surface area contributed by atoms with Crippen LogP contribution in [0.4, 0.5) is 17.6 Å². The van der Waals surface area contributed by atoms with Crippen LogP contribution in [0.2, 0.25) is 0 Å². The van der Waals surface area contributed by atoms with Gasteiger partial charge in [-0.1, -0.05) is 11.8 Å². The molecule has 8 nitrogen and oxygen atoms in total. The molecular formula is C10H11N7OS. The Hall–Kier alpha value is -2.42. The second-order valence-corrected chi connectivity index (χ2v) is 4.35. The van der Waals surface area contributed by atoms with Crippen LogP contribution in [0.1, 0.15) is 0 Å². The predicted molar refractivity (Wildman–Crippen MR) is 72.2 cm³/mol. The SMILES string of the molecule is Nc1cc(N)nc(SCC(=O)Nc2ncccn2)n1. The minimum Gasteiger partial charge on any atom is -0.383 e. The van der Waals surface area contributed by atoms with Crippen molar-refractivity contribution < 1.29 is 4.79 Å². The molecule has 19 heavy (non-hydrogen) atoms. The molecule has 0 aliphatic rings. The van der Waals surface area contributed by atoms with Crippen LogP contribution in [-0.2, 0) is 4.79 Å². The third-order valence-corrected chi connectivity index (χ3v) is 2.74. The second-order valence-electron chi connectivity index (χ2n) is 3.41. The maximum absolute atomic E-state index is 11.6. The Morgan fingerprint density at radius 1 is 1.21 bits per heavy atom. The summed E-state index contributed by atoms with van der Waals surface area (Å²) in [6.07, 6.45) is 3.08. The molecule has 2 aromatic rings. The average Bonchev–Trinajstić information content (AvgIpc) is 2.36. The van der Waals surface area contributed by atoms with E-state index in [2.05, 4.69) is 25.3 Å². The number of nitrogens with one attached hydrogen (secondary N) is 1. The first-order chi connectivity index (χ1) is 9.13. The predicted octanol–water partition coefficient (Wildman–Crippen LogP) is 0.162. The van der Waals surface area contributed by atoms with Gasteiger partial charge in [0.05, 0.1) is 5.75 Å². The molecule has 0 aliphatic heterocycles. The topological polar surface area (TPSA) is 133 Å². The van der Waals surface area contributed by atoms with Gasteiger partial charge in [0.25, 0.3) is 0 Å². The normalized spacial score (nSPS) is 10.1. The lowest BCUT2D eigenvalue weighted by Gasteiger charge is -2.03. The van der Waals surface area contributed by atoms with Gasteiger partial charge in [0, 0.05) is 18.5 Å². The van der Waals surface area contributed by atoms with E-state index in [1.807, 2.05) is 0 Å². The Balaban J connectivity index is 1.90. The van der Waals surface area contributed by atoms with Gasteiger partial charge in [-0.3, -0.25) is 10.1 Å². The molecule has 2 aromatic heterocycles. The molecule has 0 bridgehead atoms. The lowest BCUT2D eigenvalue weighted by atomic mass is 10.5. The average molecular weight is 277 g/mol. The number of nitrogen functional groups attached to an aromatic ring is 2. The summed E-state index contributed by atoms with van der Waals surface area (Å²) in [4.78, 5) is 27.3. The van der Waals surface area contributed by atoms with Crippen molar-refractivity contribution in [3.63, 3.8) is 0 Å². The van der Waals surface area contributed by atoms with Crippen LogP contribution in [0.15, 0.2) is 29.7 Å². The van der Waals surface area contributed by atoms with E-state index in [9.17, 15) is 4.79 Å². The summed E-state index contributed by atoms with van der Waals surface area (Å²) in [7, 11) is 0. The molecular weight excluding hydrogens is 266 g/mol. The number of hydrogen-bond donors (Lipinski definition) is 3. The zero-order valence-electron chi connectivity index (χ0n) is 9.78. The lowest BCUT2D eigenvalue weighted by molar-refractivity contribution is -0.113. The van der Waals surface area contributed by atoms with Crippen molar-refractivity contribution in [1.82, 2.24) is 19.9 Å². The van der Waals surface area contributed by atoms with E-state index in [1.165, 1.54) is 18.5 Å². The highest BCUT2D eigenvalue weighted by molar-refractivity contribution is 7.99. The smallest absolute Gasteiger partial charge is 0.237 e. The van der Waals surface area contributed by atoms with Gasteiger partial charge in [-0.15, -0.1) is 0 Å². The van der Waals surface area contributed by atoms with Crippen LogP contribution in [-0.4, -0.2) is 31.6 Å². The monoisotopic (exact) mass is 277 g/mol. The first-order valence-corrected chi connectivity index (χ1v) is 6.22. The van der Waals surface area contributed by atoms with E-state index in [0.717, 1.165) is 11.8 Å². The fraction of sp³-hybridized carbons (Fsp3) is 0.100. The second kappa shape index (κ2) is 5.96. The van der Waals surface area contributed by atoms with E-state index in [-0.39, 0.29) is 29.2 Å². The van der Waals surface area contributed by atoms with Gasteiger partial charge in [-0.2, -0.15) is 0 Å². The Bertz CT molecular complexity index is 557. The van der Waals surface area contributed by atoms with Crippen molar-refractivity contribution in [3.8, 4) is 0 Å². The number of aromatic nitrogens is 4. The standard InChI is InChI=1S/C10H11N7OS/c11-6-4-7(12)16-10(15-6)19-5-8(18)17-9-13-2-1-3-14-9/h1-4H,5H2,(H4,11,12,15,16)(H,13,14,17,18). The molecule has 0 spiro atoms. The van der Waals surface area contributed by atoms with Gasteiger partial charge < -0.3 is 11.5 Å². The first kappa shape index (κ1) is 13.0. The number of carbonyl (C=O) groups excluding carboxylic acids is 1. The van der Waals surface area contributed by atoms with E-state index in [1.54, 1.807) is 6.07 Å². The Morgan fingerprint density at radius 3 is 2.47 bits per heavy atom. The van der Waals surface area contributed by atoms with Crippen molar-refractivity contribution >= 4 is 35.3 Å². The highest BCUT2D eigenvalue weighted by Crippen LogP contribution is 2.16. The summed E-state index contributed by atoms with van der Waals surface area (Å²) in [6.45, 7) is 0. The fourth-order valence-electron chi connectivity index (χ4n) is 1.18. The summed E-state index contributed by atoms with van der Waals surface area (Å²) in [5, 5.41) is 2.89. The molecule has 9 heteroatoms. The van der Waals surface area contributed by atoms with Crippen LogP contribution >= 0.6 is 11.8 Å². The first-order valence-electron chi connectivity index (χ1n) is 5.23. The fourth-order valence-corrected chi connectivity index (χ4v) is 1.85. The largest absolute Gasteiger partial charge is 0.383 e. The Labute approximate surface area is 113 Å². The Kier molecular flexibility index (Phi) is 4.08. The van der Waals surface area contributed by atoms with Gasteiger partial charge in [-0.05, 0) is 6.07 Å². The zero-order chi connectivity index (χ0) is 13.7. The number of rotatable bonds is 4. The van der Waals surface area contributed by atoms with Crippen molar-refractivity contribution in [2.75, 3.05) is 22.5 Å². The van der Waals surface area contributed by atoms with Crippen LogP contribution in [0.25, 0.3) is 0 Å². The van der Waals surface area contributed by atoms with E-state index in [4.69, 9.17) is 11.5 Å². The summed E-state index contributed by atoms with van der Waals surface area (Å²) >= 11 is 1.13. The molecule has 0 saturated heterocycles. The lowest BCUT2D eigenvalue weighted by Crippen LogP contribution is -2.16. The van der Waals surface area contributed by atoms with Gasteiger partial charge in [-0.25, -0.2) is 19.9 Å². The van der Waals surface area contributed by atoms with Gasteiger partial charge >= 0.3 is 0 Å². The number of nitrogens with zero attached hydrogens (tertiary/aromatic N) is 4. The molecule has 98 valence electrons. The van der Waals surface area contributed by atoms with Crippen molar-refractivity contribution in [3.05, 3.63) is 24.5 Å². The maximum Gasteiger partial charge on any atom is 0.237 e. The van der Waals surface area contributed by atoms with E-state index in [0.29, 0.717) is 5.16 Å². The number of anilines is 3. The van der Waals surface area contributed by atoms with Crippen LogP contribution in [0, 0.1) is 0 Å². The van der Waals surface area contributed by atoms with Crippen molar-refractivity contribution in [2.24, 2.45) is 0 Å². The molecule has 2 rings (SSSR count). The molecule has 0 saturated carbocycles. The quantitative estimate of drug-likeness (QED) is 0.531. The summed E-state index contributed by atoms with van der Waals surface area (Å²) in [6, 6.07) is 3.11. The number of amides is 1. The molecule has 0 fully saturated rings. The summed E-state index contributed by atoms with van der Waals surface area (Å²) < 4.78 is 0. The summed E-state index contributed by atoms with van der Waals surface area (Å²) in [5.41, 5.74) is 11.0. The van der Waals surface area contributed by atoms with E-state index < -0.39 is 0 Å². The number of nitrogens with two attached hydrogens (primary N) is 2. The minimum absolute atomic E-state index is 0.112. The van der Waals surface area contributed by atoms with Gasteiger partial charge in [0.2, 0.25) is 11.9 Å². The van der Waals surface area contributed by atoms with E-state index >= 15 is 0 Å². The van der Waals surface area contributed by atoms with Gasteiger partial charge in [0.15, 0.2) is 5.16 Å². The zero-order valence-corrected chi connectivity index (χ0v) is 10.6. The van der Waals surface area contributed by atoms with Crippen LogP contribution in [0.5, 0.6) is 0 Å². The number of hydrogen-bond acceptors (Lipinski definition) is 8. The molecule has 5 N–H and O–H groups in total.